The van der Waals surface area contributed by atoms with Crippen LogP contribution in [0.2, 0.25) is 0 Å². The topological polar surface area (TPSA) is 26.0 Å². The highest BCUT2D eigenvalue weighted by Crippen LogP contribution is 2.27. The molecule has 0 heterocycles. The molecule has 0 saturated carbocycles. The van der Waals surface area contributed by atoms with Crippen LogP contribution in [0.5, 0.6) is 0 Å². The predicted octanol–water partition coefficient (Wildman–Crippen LogP) is 3.86. The van der Waals surface area contributed by atoms with Crippen molar-refractivity contribution in [1.29, 1.82) is 0 Å². The second-order valence-electron chi connectivity index (χ2n) is 4.86. The van der Waals surface area contributed by atoms with Crippen LogP contribution in [0, 0.1) is 13.8 Å². The van der Waals surface area contributed by atoms with Crippen LogP contribution in [0.25, 0.3) is 11.1 Å². The summed E-state index contributed by atoms with van der Waals surface area (Å²) in [6.07, 6.45) is 2.12. The van der Waals surface area contributed by atoms with Crippen molar-refractivity contribution >= 4 is 0 Å². The Morgan fingerprint density at radius 1 is 0.944 bits per heavy atom. The molecule has 0 bridgehead atoms. The van der Waals surface area contributed by atoms with Gasteiger partial charge in [-0.2, -0.15) is 0 Å². The first-order valence-electron chi connectivity index (χ1n) is 6.58. The van der Waals surface area contributed by atoms with Gasteiger partial charge in [0.15, 0.2) is 0 Å². The van der Waals surface area contributed by atoms with Crippen molar-refractivity contribution in [3.63, 3.8) is 0 Å². The van der Waals surface area contributed by atoms with Crippen molar-refractivity contribution < 1.29 is 0 Å². The third-order valence-electron chi connectivity index (χ3n) is 3.37. The van der Waals surface area contributed by atoms with Crippen molar-refractivity contribution in [2.24, 2.45) is 5.73 Å². The van der Waals surface area contributed by atoms with Crippen LogP contribution in [0.15, 0.2) is 42.5 Å². The van der Waals surface area contributed by atoms with Gasteiger partial charge in [0.05, 0.1) is 0 Å². The second-order valence-corrected chi connectivity index (χ2v) is 4.86. The van der Waals surface area contributed by atoms with Crippen LogP contribution in [0.3, 0.4) is 0 Å². The van der Waals surface area contributed by atoms with Gasteiger partial charge in [0, 0.05) is 0 Å². The fourth-order valence-electron chi connectivity index (χ4n) is 2.46. The summed E-state index contributed by atoms with van der Waals surface area (Å²) in [5, 5.41) is 0. The van der Waals surface area contributed by atoms with E-state index in [0.29, 0.717) is 0 Å². The maximum atomic E-state index is 5.57. The normalized spacial score (nSPS) is 10.6. The van der Waals surface area contributed by atoms with Crippen molar-refractivity contribution in [2.75, 3.05) is 6.54 Å². The molecule has 2 rings (SSSR count). The standard InChI is InChI=1S/C17H21N/c1-13-6-3-7-14(2)17(13)16-10-4-8-15(12-16)9-5-11-18/h3-4,6-8,10,12H,5,9,11,18H2,1-2H3. The summed E-state index contributed by atoms with van der Waals surface area (Å²) in [6, 6.07) is 15.3. The summed E-state index contributed by atoms with van der Waals surface area (Å²) in [6.45, 7) is 5.11. The Hall–Kier alpha value is -1.60. The molecule has 0 saturated heterocycles. The first-order chi connectivity index (χ1) is 8.72. The Morgan fingerprint density at radius 2 is 1.61 bits per heavy atom. The Bertz CT molecular complexity index is 509. The molecule has 1 nitrogen and oxygen atoms in total. The van der Waals surface area contributed by atoms with E-state index in [-0.39, 0.29) is 0 Å². The van der Waals surface area contributed by atoms with Crippen molar-refractivity contribution in [3.8, 4) is 11.1 Å². The minimum Gasteiger partial charge on any atom is -0.330 e. The highest BCUT2D eigenvalue weighted by atomic mass is 14.5. The predicted molar refractivity (Wildman–Crippen MR) is 78.7 cm³/mol. The van der Waals surface area contributed by atoms with E-state index in [1.165, 1.54) is 27.8 Å². The van der Waals surface area contributed by atoms with Gasteiger partial charge in [-0.15, -0.1) is 0 Å². The van der Waals surface area contributed by atoms with Crippen molar-refractivity contribution in [3.05, 3.63) is 59.2 Å². The van der Waals surface area contributed by atoms with E-state index in [2.05, 4.69) is 56.3 Å². The van der Waals surface area contributed by atoms with E-state index < -0.39 is 0 Å². The first kappa shape index (κ1) is 12.8. The lowest BCUT2D eigenvalue weighted by atomic mass is 9.94. The van der Waals surface area contributed by atoms with E-state index in [4.69, 9.17) is 5.73 Å². The Labute approximate surface area is 110 Å². The third-order valence-corrected chi connectivity index (χ3v) is 3.37. The third kappa shape index (κ3) is 2.80. The molecule has 0 amide bonds. The van der Waals surface area contributed by atoms with E-state index in [0.717, 1.165) is 19.4 Å². The van der Waals surface area contributed by atoms with Gasteiger partial charge in [-0.05, 0) is 61.1 Å². The lowest BCUT2D eigenvalue weighted by Crippen LogP contribution is -2.00. The molecule has 0 unspecified atom stereocenters. The summed E-state index contributed by atoms with van der Waals surface area (Å²) in [7, 11) is 0. The molecule has 2 N–H and O–H groups in total. The molecule has 0 aromatic heterocycles. The van der Waals surface area contributed by atoms with Crippen LogP contribution in [0.4, 0.5) is 0 Å². The highest BCUT2D eigenvalue weighted by molar-refractivity contribution is 5.71. The molecule has 0 aliphatic carbocycles. The molecular weight excluding hydrogens is 218 g/mol. The van der Waals surface area contributed by atoms with Gasteiger partial charge in [0.1, 0.15) is 0 Å². The molecule has 0 atom stereocenters. The molecule has 2 aromatic rings. The highest BCUT2D eigenvalue weighted by Gasteiger charge is 2.05. The van der Waals surface area contributed by atoms with Crippen LogP contribution < -0.4 is 5.73 Å². The zero-order valence-electron chi connectivity index (χ0n) is 11.2. The number of hydrogen-bond donors (Lipinski definition) is 1. The average molecular weight is 239 g/mol. The molecule has 0 aliphatic heterocycles. The van der Waals surface area contributed by atoms with E-state index in [9.17, 15) is 0 Å². The summed E-state index contributed by atoms with van der Waals surface area (Å²) >= 11 is 0. The van der Waals surface area contributed by atoms with Crippen molar-refractivity contribution in [2.45, 2.75) is 26.7 Å². The molecule has 2 aromatic carbocycles. The molecule has 0 aliphatic rings. The average Bonchev–Trinajstić information content (AvgIpc) is 2.37. The molecule has 0 radical (unpaired) electrons. The summed E-state index contributed by atoms with van der Waals surface area (Å²) < 4.78 is 0. The molecule has 94 valence electrons. The number of aryl methyl sites for hydroxylation is 3. The quantitative estimate of drug-likeness (QED) is 0.861. The monoisotopic (exact) mass is 239 g/mol. The smallest absolute Gasteiger partial charge is 0.00741 e. The van der Waals surface area contributed by atoms with Gasteiger partial charge in [-0.3, -0.25) is 0 Å². The van der Waals surface area contributed by atoms with E-state index in [1.54, 1.807) is 0 Å². The summed E-state index contributed by atoms with van der Waals surface area (Å²) in [5.41, 5.74) is 12.3. The van der Waals surface area contributed by atoms with Crippen LogP contribution in [-0.4, -0.2) is 6.54 Å². The fourth-order valence-corrected chi connectivity index (χ4v) is 2.46. The van der Waals surface area contributed by atoms with Crippen molar-refractivity contribution in [1.82, 2.24) is 0 Å². The Morgan fingerprint density at radius 3 is 2.28 bits per heavy atom. The lowest BCUT2D eigenvalue weighted by molar-refractivity contribution is 0.833. The maximum Gasteiger partial charge on any atom is -0.00741 e. The number of hydrogen-bond acceptors (Lipinski definition) is 1. The zero-order valence-corrected chi connectivity index (χ0v) is 11.2. The van der Waals surface area contributed by atoms with Crippen LogP contribution in [0.1, 0.15) is 23.1 Å². The minimum absolute atomic E-state index is 0.758. The largest absolute Gasteiger partial charge is 0.330 e. The number of benzene rings is 2. The molecular formula is C17H21N. The minimum atomic E-state index is 0.758. The molecule has 1 heteroatoms. The lowest BCUT2D eigenvalue weighted by Gasteiger charge is -2.11. The Kier molecular flexibility index (Phi) is 4.16. The van der Waals surface area contributed by atoms with Gasteiger partial charge in [-0.25, -0.2) is 0 Å². The van der Waals surface area contributed by atoms with Gasteiger partial charge in [0.25, 0.3) is 0 Å². The fraction of sp³-hybridized carbons (Fsp3) is 0.294. The molecule has 0 fully saturated rings. The SMILES string of the molecule is Cc1cccc(C)c1-c1cccc(CCCN)c1. The molecule has 18 heavy (non-hydrogen) atoms. The van der Waals surface area contributed by atoms with Gasteiger partial charge in [0.2, 0.25) is 0 Å². The Balaban J connectivity index is 2.38. The first-order valence-corrected chi connectivity index (χ1v) is 6.58. The molecule has 0 spiro atoms. The van der Waals surface area contributed by atoms with Gasteiger partial charge in [-0.1, -0.05) is 42.5 Å². The summed E-state index contributed by atoms with van der Waals surface area (Å²) in [4.78, 5) is 0. The number of nitrogens with two attached hydrogens (primary N) is 1. The maximum absolute atomic E-state index is 5.57. The van der Waals surface area contributed by atoms with Crippen LogP contribution >= 0.6 is 0 Å². The van der Waals surface area contributed by atoms with E-state index in [1.807, 2.05) is 0 Å². The zero-order chi connectivity index (χ0) is 13.0. The van der Waals surface area contributed by atoms with Crippen LogP contribution in [-0.2, 0) is 6.42 Å². The van der Waals surface area contributed by atoms with Gasteiger partial charge >= 0.3 is 0 Å². The second kappa shape index (κ2) is 5.83. The number of rotatable bonds is 4. The van der Waals surface area contributed by atoms with E-state index >= 15 is 0 Å². The summed E-state index contributed by atoms with van der Waals surface area (Å²) in [5.74, 6) is 0. The van der Waals surface area contributed by atoms with Gasteiger partial charge < -0.3 is 5.73 Å².